The van der Waals surface area contributed by atoms with Gasteiger partial charge in [-0.1, -0.05) is 18.2 Å². The fourth-order valence-electron chi connectivity index (χ4n) is 2.08. The van der Waals surface area contributed by atoms with E-state index in [1.807, 2.05) is 24.3 Å². The van der Waals surface area contributed by atoms with E-state index < -0.39 is 5.97 Å². The molecule has 2 heterocycles. The number of hydrogen-bond acceptors (Lipinski definition) is 3. The highest BCUT2D eigenvalue weighted by atomic mass is 16.5. The smallest absolute Gasteiger partial charge is 0.354 e. The van der Waals surface area contributed by atoms with Crippen LogP contribution in [0.3, 0.4) is 0 Å². The molecule has 0 fully saturated rings. The van der Waals surface area contributed by atoms with Gasteiger partial charge in [0, 0.05) is 16.3 Å². The number of para-hydroxylation sites is 1. The number of hydrogen-bond donors (Lipinski definition) is 2. The first-order valence-electron chi connectivity index (χ1n) is 5.43. The number of esters is 1. The number of methoxy groups -OCH3 is 1. The molecule has 2 aromatic heterocycles. The number of nitrogens with one attached hydrogen (secondary N) is 2. The second-order valence-electron chi connectivity index (χ2n) is 3.96. The zero-order valence-electron chi connectivity index (χ0n) is 9.61. The first-order chi connectivity index (χ1) is 8.70. The van der Waals surface area contributed by atoms with Crippen molar-refractivity contribution in [1.82, 2.24) is 9.97 Å². The van der Waals surface area contributed by atoms with Crippen LogP contribution in [0.2, 0.25) is 0 Å². The van der Waals surface area contributed by atoms with Gasteiger partial charge in [-0.2, -0.15) is 0 Å². The van der Waals surface area contributed by atoms with Gasteiger partial charge in [0.15, 0.2) is 0 Å². The minimum Gasteiger partial charge on any atom is -0.464 e. The van der Waals surface area contributed by atoms with Crippen molar-refractivity contribution in [3.05, 3.63) is 46.4 Å². The maximum atomic E-state index is 11.9. The largest absolute Gasteiger partial charge is 0.464 e. The van der Waals surface area contributed by atoms with Crippen molar-refractivity contribution in [1.29, 1.82) is 0 Å². The summed E-state index contributed by atoms with van der Waals surface area (Å²) in [7, 11) is 1.28. The molecular weight excluding hydrogens is 232 g/mol. The van der Waals surface area contributed by atoms with E-state index in [0.29, 0.717) is 5.52 Å². The number of benzene rings is 1. The first kappa shape index (κ1) is 10.6. The number of pyridine rings is 1. The maximum Gasteiger partial charge on any atom is 0.354 e. The second kappa shape index (κ2) is 3.73. The van der Waals surface area contributed by atoms with E-state index >= 15 is 0 Å². The van der Waals surface area contributed by atoms with Crippen LogP contribution in [0.4, 0.5) is 0 Å². The Morgan fingerprint density at radius 2 is 1.94 bits per heavy atom. The predicted molar refractivity (Wildman–Crippen MR) is 67.8 cm³/mol. The van der Waals surface area contributed by atoms with E-state index in [4.69, 9.17) is 0 Å². The van der Waals surface area contributed by atoms with Crippen LogP contribution in [0, 0.1) is 0 Å². The van der Waals surface area contributed by atoms with Gasteiger partial charge in [-0.05, 0) is 12.1 Å². The quantitative estimate of drug-likeness (QED) is 0.639. The van der Waals surface area contributed by atoms with Gasteiger partial charge < -0.3 is 14.7 Å². The van der Waals surface area contributed by atoms with Crippen LogP contribution in [0.1, 0.15) is 10.5 Å². The number of fused-ring (bicyclic) bond motifs is 3. The molecule has 5 heteroatoms. The Balaban J connectivity index is 2.44. The molecule has 0 aliphatic carbocycles. The molecule has 3 rings (SSSR count). The summed E-state index contributed by atoms with van der Waals surface area (Å²) in [6.45, 7) is 0. The summed E-state index contributed by atoms with van der Waals surface area (Å²) >= 11 is 0. The molecule has 18 heavy (non-hydrogen) atoms. The highest BCUT2D eigenvalue weighted by Gasteiger charge is 2.12. The highest BCUT2D eigenvalue weighted by molar-refractivity contribution is 6.08. The molecule has 0 bridgehead atoms. The van der Waals surface area contributed by atoms with Crippen LogP contribution < -0.4 is 5.56 Å². The van der Waals surface area contributed by atoms with Gasteiger partial charge in [-0.25, -0.2) is 4.79 Å². The number of carbonyl (C=O) groups excluding carboxylic acids is 1. The third kappa shape index (κ3) is 1.41. The molecule has 0 aliphatic heterocycles. The predicted octanol–water partition coefficient (Wildman–Crippen LogP) is 1.80. The summed E-state index contributed by atoms with van der Waals surface area (Å²) < 4.78 is 4.61. The minimum absolute atomic E-state index is 0.153. The zero-order valence-corrected chi connectivity index (χ0v) is 9.61. The molecule has 0 unspecified atom stereocenters. The number of rotatable bonds is 1. The van der Waals surface area contributed by atoms with E-state index in [1.54, 1.807) is 6.07 Å². The van der Waals surface area contributed by atoms with Crippen molar-refractivity contribution in [2.75, 3.05) is 7.11 Å². The van der Waals surface area contributed by atoms with Crippen molar-refractivity contribution in [3.63, 3.8) is 0 Å². The fourth-order valence-corrected chi connectivity index (χ4v) is 2.08. The Bertz CT molecular complexity index is 814. The van der Waals surface area contributed by atoms with Crippen LogP contribution in [-0.2, 0) is 4.74 Å². The second-order valence-corrected chi connectivity index (χ2v) is 3.96. The van der Waals surface area contributed by atoms with Gasteiger partial charge in [0.25, 0.3) is 5.56 Å². The van der Waals surface area contributed by atoms with Crippen molar-refractivity contribution in [2.45, 2.75) is 0 Å². The first-order valence-corrected chi connectivity index (χ1v) is 5.43. The van der Waals surface area contributed by atoms with Crippen LogP contribution in [0.5, 0.6) is 0 Å². The summed E-state index contributed by atoms with van der Waals surface area (Å²) in [5.41, 5.74) is 1.15. The van der Waals surface area contributed by atoms with Crippen LogP contribution in [0.15, 0.2) is 35.1 Å². The lowest BCUT2D eigenvalue weighted by Crippen LogP contribution is -2.14. The number of carbonyl (C=O) groups is 1. The molecule has 90 valence electrons. The third-order valence-corrected chi connectivity index (χ3v) is 2.92. The summed E-state index contributed by atoms with van der Waals surface area (Å²) in [4.78, 5) is 28.9. The minimum atomic E-state index is -0.556. The van der Waals surface area contributed by atoms with Gasteiger partial charge in [0.1, 0.15) is 11.2 Å². The molecule has 0 saturated heterocycles. The molecule has 5 nitrogen and oxygen atoms in total. The van der Waals surface area contributed by atoms with Crippen molar-refractivity contribution >= 4 is 27.8 Å². The molecule has 0 saturated carbocycles. The van der Waals surface area contributed by atoms with Gasteiger partial charge in [0.2, 0.25) is 0 Å². The Labute approximate surface area is 101 Å². The van der Waals surface area contributed by atoms with E-state index in [2.05, 4.69) is 14.7 Å². The van der Waals surface area contributed by atoms with Gasteiger partial charge in [-0.3, -0.25) is 4.79 Å². The molecular formula is C13H10N2O3. The SMILES string of the molecule is COC(=O)c1cc2c([nH]c3ccccc32)c(=O)[nH]1. The lowest BCUT2D eigenvalue weighted by Gasteiger charge is -1.99. The van der Waals surface area contributed by atoms with Crippen molar-refractivity contribution in [2.24, 2.45) is 0 Å². The van der Waals surface area contributed by atoms with Gasteiger partial charge >= 0.3 is 5.97 Å². The van der Waals surface area contributed by atoms with E-state index in [9.17, 15) is 9.59 Å². The number of aromatic amines is 2. The topological polar surface area (TPSA) is 75.0 Å². The number of ether oxygens (including phenoxy) is 1. The monoisotopic (exact) mass is 242 g/mol. The number of aromatic nitrogens is 2. The lowest BCUT2D eigenvalue weighted by molar-refractivity contribution is 0.0594. The van der Waals surface area contributed by atoms with Gasteiger partial charge in [0.05, 0.1) is 7.11 Å². The van der Waals surface area contributed by atoms with E-state index in [0.717, 1.165) is 16.3 Å². The third-order valence-electron chi connectivity index (χ3n) is 2.92. The summed E-state index contributed by atoms with van der Waals surface area (Å²) in [6, 6.07) is 9.17. The van der Waals surface area contributed by atoms with E-state index in [-0.39, 0.29) is 11.3 Å². The van der Waals surface area contributed by atoms with Crippen LogP contribution in [-0.4, -0.2) is 23.0 Å². The normalized spacial score (nSPS) is 10.9. The zero-order chi connectivity index (χ0) is 12.7. The molecule has 3 aromatic rings. The summed E-state index contributed by atoms with van der Waals surface area (Å²) in [5.74, 6) is -0.556. The average molecular weight is 242 g/mol. The Hall–Kier alpha value is -2.56. The fraction of sp³-hybridized carbons (Fsp3) is 0.0769. The average Bonchev–Trinajstić information content (AvgIpc) is 2.77. The Kier molecular flexibility index (Phi) is 2.19. The highest BCUT2D eigenvalue weighted by Crippen LogP contribution is 2.23. The Morgan fingerprint density at radius 1 is 1.17 bits per heavy atom. The summed E-state index contributed by atoms with van der Waals surface area (Å²) in [6.07, 6.45) is 0. The van der Waals surface area contributed by atoms with Gasteiger partial charge in [-0.15, -0.1) is 0 Å². The molecule has 0 spiro atoms. The molecule has 0 radical (unpaired) electrons. The van der Waals surface area contributed by atoms with E-state index in [1.165, 1.54) is 7.11 Å². The molecule has 0 amide bonds. The lowest BCUT2D eigenvalue weighted by atomic mass is 10.1. The Morgan fingerprint density at radius 3 is 2.72 bits per heavy atom. The maximum absolute atomic E-state index is 11.9. The molecule has 1 aromatic carbocycles. The van der Waals surface area contributed by atoms with Crippen LogP contribution in [0.25, 0.3) is 21.8 Å². The van der Waals surface area contributed by atoms with Crippen molar-refractivity contribution in [3.8, 4) is 0 Å². The summed E-state index contributed by atoms with van der Waals surface area (Å²) in [5, 5.41) is 1.62. The standard InChI is InChI=1S/C13H10N2O3/c1-18-13(17)10-6-8-7-4-2-3-5-9(7)14-11(8)12(16)15-10/h2-6,14H,1H3,(H,15,16). The molecule has 2 N–H and O–H groups in total. The molecule has 0 atom stereocenters. The molecule has 0 aliphatic rings. The number of H-pyrrole nitrogens is 2. The van der Waals surface area contributed by atoms with Crippen molar-refractivity contribution < 1.29 is 9.53 Å². The van der Waals surface area contributed by atoms with Crippen LogP contribution >= 0.6 is 0 Å².